The number of aromatic nitrogens is 4. The van der Waals surface area contributed by atoms with Gasteiger partial charge in [0.2, 0.25) is 0 Å². The Bertz CT molecular complexity index is 996. The Balaban J connectivity index is 1.76. The van der Waals surface area contributed by atoms with E-state index in [0.29, 0.717) is 12.8 Å². The van der Waals surface area contributed by atoms with Crippen LogP contribution >= 0.6 is 0 Å². The molecule has 0 atom stereocenters. The van der Waals surface area contributed by atoms with Crippen LogP contribution in [0.4, 0.5) is 0 Å². The van der Waals surface area contributed by atoms with Crippen LogP contribution < -0.4 is 0 Å². The summed E-state index contributed by atoms with van der Waals surface area (Å²) in [6, 6.07) is 7.90. The Labute approximate surface area is 140 Å². The van der Waals surface area contributed by atoms with Gasteiger partial charge in [-0.05, 0) is 31.9 Å². The molecule has 1 fully saturated rings. The number of benzene rings is 1. The van der Waals surface area contributed by atoms with Crippen molar-refractivity contribution < 1.29 is 8.42 Å². The first-order valence-electron chi connectivity index (χ1n) is 8.00. The Kier molecular flexibility index (Phi) is 3.60. The molecule has 7 heteroatoms. The Morgan fingerprint density at radius 3 is 2.46 bits per heavy atom. The van der Waals surface area contributed by atoms with E-state index in [2.05, 4.69) is 14.5 Å². The van der Waals surface area contributed by atoms with Crippen LogP contribution in [0.2, 0.25) is 0 Å². The van der Waals surface area contributed by atoms with Crippen LogP contribution in [0.1, 0.15) is 24.6 Å². The van der Waals surface area contributed by atoms with E-state index in [1.807, 2.05) is 37.4 Å². The molecule has 1 aliphatic rings. The summed E-state index contributed by atoms with van der Waals surface area (Å²) in [4.78, 5) is 13.8. The zero-order chi connectivity index (χ0) is 16.7. The Hall–Kier alpha value is -2.28. The second-order valence-corrected chi connectivity index (χ2v) is 8.49. The van der Waals surface area contributed by atoms with Crippen molar-refractivity contribution in [1.29, 1.82) is 0 Å². The summed E-state index contributed by atoms with van der Waals surface area (Å²) in [7, 11) is -2.88. The van der Waals surface area contributed by atoms with Gasteiger partial charge in [0.25, 0.3) is 0 Å². The molecule has 1 aromatic carbocycles. The molecule has 0 bridgehead atoms. The van der Waals surface area contributed by atoms with Crippen molar-refractivity contribution in [3.8, 4) is 11.5 Å². The van der Waals surface area contributed by atoms with Crippen LogP contribution in [0.15, 0.2) is 36.7 Å². The number of aryl methyl sites for hydroxylation is 1. The minimum atomic E-state index is -2.88. The third-order valence-electron chi connectivity index (χ3n) is 4.54. The molecule has 3 aromatic rings. The molecule has 1 saturated heterocycles. The zero-order valence-electron chi connectivity index (χ0n) is 13.4. The predicted molar refractivity (Wildman–Crippen MR) is 92.4 cm³/mol. The van der Waals surface area contributed by atoms with E-state index in [4.69, 9.17) is 4.98 Å². The van der Waals surface area contributed by atoms with Crippen molar-refractivity contribution >= 4 is 20.9 Å². The van der Waals surface area contributed by atoms with Crippen LogP contribution in [-0.2, 0) is 9.84 Å². The highest BCUT2D eigenvalue weighted by Crippen LogP contribution is 2.29. The number of hydrogen-bond acceptors (Lipinski definition) is 5. The fourth-order valence-corrected chi connectivity index (χ4v) is 4.71. The largest absolute Gasteiger partial charge is 0.327 e. The minimum Gasteiger partial charge on any atom is -0.327 e. The fraction of sp³-hybridized carbons (Fsp3) is 0.353. The Morgan fingerprint density at radius 2 is 1.75 bits per heavy atom. The molecule has 2 aromatic heterocycles. The van der Waals surface area contributed by atoms with Crippen LogP contribution in [-0.4, -0.2) is 39.4 Å². The normalized spacial score (nSPS) is 18.0. The summed E-state index contributed by atoms with van der Waals surface area (Å²) in [5.41, 5.74) is 3.27. The first-order chi connectivity index (χ1) is 11.5. The van der Waals surface area contributed by atoms with Gasteiger partial charge in [0.15, 0.2) is 5.82 Å². The molecule has 6 nitrogen and oxygen atoms in total. The van der Waals surface area contributed by atoms with E-state index in [1.165, 1.54) is 0 Å². The molecule has 0 amide bonds. The third-order valence-corrected chi connectivity index (χ3v) is 6.26. The van der Waals surface area contributed by atoms with E-state index in [1.54, 1.807) is 6.20 Å². The van der Waals surface area contributed by atoms with Gasteiger partial charge in [-0.25, -0.2) is 23.4 Å². The van der Waals surface area contributed by atoms with Crippen molar-refractivity contribution in [2.75, 3.05) is 11.5 Å². The van der Waals surface area contributed by atoms with E-state index >= 15 is 0 Å². The predicted octanol–water partition coefficient (Wildman–Crippen LogP) is 2.55. The van der Waals surface area contributed by atoms with E-state index in [9.17, 15) is 8.42 Å². The zero-order valence-corrected chi connectivity index (χ0v) is 14.2. The summed E-state index contributed by atoms with van der Waals surface area (Å²) in [5, 5.41) is 0. The van der Waals surface area contributed by atoms with E-state index in [-0.39, 0.29) is 17.5 Å². The average molecular weight is 342 g/mol. The SMILES string of the molecule is Cc1nc2ccccc2nc1-c1nccn1C1CCS(=O)(=O)CC1. The molecule has 0 spiro atoms. The molecule has 1 aliphatic heterocycles. The molecule has 0 N–H and O–H groups in total. The summed E-state index contributed by atoms with van der Waals surface area (Å²) in [6.07, 6.45) is 4.89. The highest BCUT2D eigenvalue weighted by molar-refractivity contribution is 7.91. The van der Waals surface area contributed by atoms with Gasteiger partial charge in [-0.2, -0.15) is 0 Å². The quantitative estimate of drug-likeness (QED) is 0.715. The summed E-state index contributed by atoms with van der Waals surface area (Å²) < 4.78 is 25.4. The van der Waals surface area contributed by atoms with Gasteiger partial charge in [0.1, 0.15) is 15.5 Å². The monoisotopic (exact) mass is 342 g/mol. The summed E-state index contributed by atoms with van der Waals surface area (Å²) in [6.45, 7) is 1.93. The van der Waals surface area contributed by atoms with Gasteiger partial charge in [-0.15, -0.1) is 0 Å². The maximum Gasteiger partial charge on any atom is 0.160 e. The highest BCUT2D eigenvalue weighted by Gasteiger charge is 2.27. The number of nitrogens with zero attached hydrogens (tertiary/aromatic N) is 4. The number of rotatable bonds is 2. The van der Waals surface area contributed by atoms with Gasteiger partial charge in [-0.3, -0.25) is 0 Å². The molecule has 4 rings (SSSR count). The van der Waals surface area contributed by atoms with Crippen molar-refractivity contribution in [3.05, 3.63) is 42.4 Å². The third kappa shape index (κ3) is 2.69. The van der Waals surface area contributed by atoms with E-state index < -0.39 is 9.84 Å². The fourth-order valence-electron chi connectivity index (χ4n) is 3.25. The van der Waals surface area contributed by atoms with Crippen LogP contribution in [0.3, 0.4) is 0 Å². The van der Waals surface area contributed by atoms with Crippen molar-refractivity contribution in [2.45, 2.75) is 25.8 Å². The molecule has 0 saturated carbocycles. The van der Waals surface area contributed by atoms with Crippen molar-refractivity contribution in [1.82, 2.24) is 19.5 Å². The number of hydrogen-bond donors (Lipinski definition) is 0. The number of sulfone groups is 1. The second kappa shape index (κ2) is 5.66. The van der Waals surface area contributed by atoms with E-state index in [0.717, 1.165) is 28.2 Å². The summed E-state index contributed by atoms with van der Waals surface area (Å²) in [5.74, 6) is 1.23. The molecule has 0 aliphatic carbocycles. The average Bonchev–Trinajstić information content (AvgIpc) is 3.03. The lowest BCUT2D eigenvalue weighted by Gasteiger charge is -2.24. The number of fused-ring (bicyclic) bond motifs is 1. The van der Waals surface area contributed by atoms with Gasteiger partial charge in [0, 0.05) is 18.4 Å². The van der Waals surface area contributed by atoms with Crippen molar-refractivity contribution in [2.24, 2.45) is 0 Å². The smallest absolute Gasteiger partial charge is 0.160 e. The topological polar surface area (TPSA) is 77.7 Å². The lowest BCUT2D eigenvalue weighted by atomic mass is 10.1. The molecule has 24 heavy (non-hydrogen) atoms. The second-order valence-electron chi connectivity index (χ2n) is 6.19. The number of para-hydroxylation sites is 2. The first-order valence-corrected chi connectivity index (χ1v) is 9.83. The van der Waals surface area contributed by atoms with Crippen LogP contribution in [0.5, 0.6) is 0 Å². The highest BCUT2D eigenvalue weighted by atomic mass is 32.2. The minimum absolute atomic E-state index is 0.138. The van der Waals surface area contributed by atoms with Gasteiger partial charge >= 0.3 is 0 Å². The molecule has 0 unspecified atom stereocenters. The molecule has 0 radical (unpaired) electrons. The lowest BCUT2D eigenvalue weighted by Crippen LogP contribution is -2.25. The standard InChI is InChI=1S/C17H18N4O2S/c1-12-16(20-15-5-3-2-4-14(15)19-12)17-18-8-9-21(17)13-6-10-24(22,23)11-7-13/h2-5,8-9,13H,6-7,10-11H2,1H3. The van der Waals surface area contributed by atoms with Crippen LogP contribution in [0.25, 0.3) is 22.6 Å². The molecular formula is C17H18N4O2S. The maximum atomic E-state index is 11.7. The van der Waals surface area contributed by atoms with Crippen LogP contribution in [0, 0.1) is 6.92 Å². The van der Waals surface area contributed by atoms with Gasteiger partial charge in [0.05, 0.1) is 28.2 Å². The van der Waals surface area contributed by atoms with Gasteiger partial charge < -0.3 is 4.57 Å². The molecular weight excluding hydrogens is 324 g/mol. The molecule has 124 valence electrons. The Morgan fingerprint density at radius 1 is 1.08 bits per heavy atom. The first kappa shape index (κ1) is 15.3. The maximum absolute atomic E-state index is 11.7. The number of imidazole rings is 1. The summed E-state index contributed by atoms with van der Waals surface area (Å²) >= 11 is 0. The van der Waals surface area contributed by atoms with Crippen molar-refractivity contribution in [3.63, 3.8) is 0 Å². The molecule has 3 heterocycles. The van der Waals surface area contributed by atoms with Gasteiger partial charge in [-0.1, -0.05) is 12.1 Å². The lowest BCUT2D eigenvalue weighted by molar-refractivity contribution is 0.452.